The van der Waals surface area contributed by atoms with Gasteiger partial charge in [-0.05, 0) is 12.5 Å². The summed E-state index contributed by atoms with van der Waals surface area (Å²) in [6, 6.07) is 10.1. The lowest BCUT2D eigenvalue weighted by Crippen LogP contribution is -2.11. The number of epoxide rings is 1. The van der Waals surface area contributed by atoms with Crippen molar-refractivity contribution in [2.24, 2.45) is 0 Å². The molecule has 0 unspecified atom stereocenters. The van der Waals surface area contributed by atoms with Crippen LogP contribution in [-0.4, -0.2) is 30.0 Å². The molecule has 1 saturated heterocycles. The van der Waals surface area contributed by atoms with Crippen molar-refractivity contribution in [2.75, 3.05) is 13.2 Å². The molecule has 3 nitrogen and oxygen atoms in total. The third kappa shape index (κ3) is 3.40. The molecule has 1 fully saturated rings. The van der Waals surface area contributed by atoms with E-state index >= 15 is 0 Å². The van der Waals surface area contributed by atoms with Gasteiger partial charge in [-0.1, -0.05) is 42.5 Å². The molecular weight excluding hydrogens is 216 g/mol. The van der Waals surface area contributed by atoms with Crippen LogP contribution in [-0.2, 0) is 16.1 Å². The Morgan fingerprint density at radius 2 is 2.18 bits per heavy atom. The minimum Gasteiger partial charge on any atom is -0.392 e. The van der Waals surface area contributed by atoms with Crippen LogP contribution < -0.4 is 0 Å². The van der Waals surface area contributed by atoms with E-state index in [1.165, 1.54) is 5.56 Å². The minimum atomic E-state index is -0.251. The Bertz CT molecular complexity index is 374. The Hall–Kier alpha value is -1.16. The summed E-state index contributed by atoms with van der Waals surface area (Å²) < 4.78 is 11.1. The number of aliphatic hydroxyl groups excluding tert-OH is 1. The summed E-state index contributed by atoms with van der Waals surface area (Å²) in [5, 5.41) is 8.69. The lowest BCUT2D eigenvalue weighted by molar-refractivity contribution is 0.104. The van der Waals surface area contributed by atoms with Crippen LogP contribution in [0.5, 0.6) is 0 Å². The SMILES string of the molecule is C[C@@]1(/C=C\CO)O[C@@H]1COCc1ccccc1. The average Bonchev–Trinajstić information content (AvgIpc) is 3.00. The Morgan fingerprint density at radius 3 is 2.88 bits per heavy atom. The van der Waals surface area contributed by atoms with Crippen LogP contribution in [0.3, 0.4) is 0 Å². The molecule has 1 aliphatic rings. The number of rotatable bonds is 6. The Labute approximate surface area is 102 Å². The summed E-state index contributed by atoms with van der Waals surface area (Å²) >= 11 is 0. The Kier molecular flexibility index (Phi) is 3.94. The molecule has 0 aliphatic carbocycles. The van der Waals surface area contributed by atoms with Crippen LogP contribution in [0.1, 0.15) is 12.5 Å². The van der Waals surface area contributed by atoms with Gasteiger partial charge in [0, 0.05) is 0 Å². The van der Waals surface area contributed by atoms with Gasteiger partial charge in [-0.15, -0.1) is 0 Å². The van der Waals surface area contributed by atoms with Crippen molar-refractivity contribution in [3.8, 4) is 0 Å². The molecule has 0 aromatic heterocycles. The Morgan fingerprint density at radius 1 is 1.41 bits per heavy atom. The topological polar surface area (TPSA) is 42.0 Å². The highest BCUT2D eigenvalue weighted by atomic mass is 16.6. The molecule has 92 valence electrons. The van der Waals surface area contributed by atoms with Gasteiger partial charge >= 0.3 is 0 Å². The predicted molar refractivity (Wildman–Crippen MR) is 65.6 cm³/mol. The smallest absolute Gasteiger partial charge is 0.114 e. The van der Waals surface area contributed by atoms with Crippen molar-refractivity contribution < 1.29 is 14.6 Å². The number of benzene rings is 1. The number of aliphatic hydroxyl groups is 1. The van der Waals surface area contributed by atoms with E-state index in [1.807, 2.05) is 43.3 Å². The van der Waals surface area contributed by atoms with Crippen LogP contribution in [0.15, 0.2) is 42.5 Å². The van der Waals surface area contributed by atoms with E-state index in [-0.39, 0.29) is 18.3 Å². The first kappa shape index (κ1) is 12.3. The van der Waals surface area contributed by atoms with Crippen molar-refractivity contribution in [2.45, 2.75) is 25.2 Å². The fraction of sp³-hybridized carbons (Fsp3) is 0.429. The highest BCUT2D eigenvalue weighted by Gasteiger charge is 2.50. The van der Waals surface area contributed by atoms with E-state index in [1.54, 1.807) is 6.08 Å². The lowest BCUT2D eigenvalue weighted by Gasteiger charge is -2.03. The second kappa shape index (κ2) is 5.45. The molecule has 0 radical (unpaired) electrons. The van der Waals surface area contributed by atoms with Gasteiger partial charge in [-0.25, -0.2) is 0 Å². The van der Waals surface area contributed by atoms with E-state index < -0.39 is 0 Å². The number of hydrogen-bond donors (Lipinski definition) is 1. The molecule has 1 heterocycles. The fourth-order valence-electron chi connectivity index (χ4n) is 1.76. The minimum absolute atomic E-state index is 0.0521. The van der Waals surface area contributed by atoms with Gasteiger partial charge in [0.25, 0.3) is 0 Å². The molecule has 1 aromatic rings. The zero-order valence-corrected chi connectivity index (χ0v) is 10.0. The maximum atomic E-state index is 8.69. The zero-order valence-electron chi connectivity index (χ0n) is 10.0. The maximum Gasteiger partial charge on any atom is 0.114 e. The highest BCUT2D eigenvalue weighted by molar-refractivity contribution is 5.15. The van der Waals surface area contributed by atoms with Crippen LogP contribution >= 0.6 is 0 Å². The van der Waals surface area contributed by atoms with Crippen molar-refractivity contribution in [1.82, 2.24) is 0 Å². The Balaban J connectivity index is 1.70. The second-order valence-electron chi connectivity index (χ2n) is 4.38. The molecule has 0 amide bonds. The second-order valence-corrected chi connectivity index (χ2v) is 4.38. The van der Waals surface area contributed by atoms with E-state index in [9.17, 15) is 0 Å². The van der Waals surface area contributed by atoms with E-state index in [2.05, 4.69) is 0 Å². The first-order valence-corrected chi connectivity index (χ1v) is 5.82. The number of ether oxygens (including phenoxy) is 2. The molecule has 1 aromatic carbocycles. The molecule has 0 bridgehead atoms. The lowest BCUT2D eigenvalue weighted by atomic mass is 10.1. The molecule has 0 spiro atoms. The summed E-state index contributed by atoms with van der Waals surface area (Å²) in [4.78, 5) is 0. The van der Waals surface area contributed by atoms with Crippen LogP contribution in [0.2, 0.25) is 0 Å². The van der Waals surface area contributed by atoms with Crippen LogP contribution in [0.25, 0.3) is 0 Å². The largest absolute Gasteiger partial charge is 0.392 e. The van der Waals surface area contributed by atoms with Gasteiger partial charge in [0.15, 0.2) is 0 Å². The van der Waals surface area contributed by atoms with E-state index in [0.717, 1.165) is 0 Å². The number of hydrogen-bond acceptors (Lipinski definition) is 3. The van der Waals surface area contributed by atoms with E-state index in [0.29, 0.717) is 13.2 Å². The molecule has 3 heteroatoms. The maximum absolute atomic E-state index is 8.69. The summed E-state index contributed by atoms with van der Waals surface area (Å²) in [5.74, 6) is 0. The third-order valence-electron chi connectivity index (χ3n) is 2.91. The molecule has 0 saturated carbocycles. The van der Waals surface area contributed by atoms with E-state index in [4.69, 9.17) is 14.6 Å². The third-order valence-corrected chi connectivity index (χ3v) is 2.91. The summed E-state index contributed by atoms with van der Waals surface area (Å²) in [6.45, 7) is 3.24. The zero-order chi connectivity index (χ0) is 12.1. The molecular formula is C14H18O3. The molecule has 1 aliphatic heterocycles. The first-order chi connectivity index (χ1) is 8.24. The first-order valence-electron chi connectivity index (χ1n) is 5.82. The van der Waals surface area contributed by atoms with Gasteiger partial charge in [0.05, 0.1) is 19.8 Å². The summed E-state index contributed by atoms with van der Waals surface area (Å²) in [5.41, 5.74) is 0.917. The van der Waals surface area contributed by atoms with Crippen LogP contribution in [0.4, 0.5) is 0 Å². The van der Waals surface area contributed by atoms with Gasteiger partial charge in [-0.3, -0.25) is 0 Å². The van der Waals surface area contributed by atoms with Crippen molar-refractivity contribution in [3.63, 3.8) is 0 Å². The molecule has 2 atom stereocenters. The van der Waals surface area contributed by atoms with Crippen LogP contribution in [0, 0.1) is 0 Å². The predicted octanol–water partition coefficient (Wildman–Crippen LogP) is 1.91. The van der Waals surface area contributed by atoms with Crippen molar-refractivity contribution in [3.05, 3.63) is 48.0 Å². The molecule has 17 heavy (non-hydrogen) atoms. The fourth-order valence-corrected chi connectivity index (χ4v) is 1.76. The highest BCUT2D eigenvalue weighted by Crippen LogP contribution is 2.37. The summed E-state index contributed by atoms with van der Waals surface area (Å²) in [6.07, 6.45) is 3.70. The molecule has 2 rings (SSSR count). The van der Waals surface area contributed by atoms with Gasteiger partial charge in [0.1, 0.15) is 11.7 Å². The standard InChI is InChI=1S/C14H18O3/c1-14(8-5-9-15)13(17-14)11-16-10-12-6-3-2-4-7-12/h2-8,13,15H,9-11H2,1H3/b8-5-/t13-,14+/m1/s1. The quantitative estimate of drug-likeness (QED) is 0.604. The van der Waals surface area contributed by atoms with Crippen molar-refractivity contribution in [1.29, 1.82) is 0 Å². The van der Waals surface area contributed by atoms with Gasteiger partial charge < -0.3 is 14.6 Å². The monoisotopic (exact) mass is 234 g/mol. The van der Waals surface area contributed by atoms with Crippen molar-refractivity contribution >= 4 is 0 Å². The molecule has 1 N–H and O–H groups in total. The van der Waals surface area contributed by atoms with Gasteiger partial charge in [-0.2, -0.15) is 0 Å². The normalized spacial score (nSPS) is 27.5. The summed E-state index contributed by atoms with van der Waals surface area (Å²) in [7, 11) is 0. The average molecular weight is 234 g/mol. The van der Waals surface area contributed by atoms with Gasteiger partial charge in [0.2, 0.25) is 0 Å².